The van der Waals surface area contributed by atoms with Crippen molar-refractivity contribution in [3.8, 4) is 5.75 Å². The number of fused-ring (bicyclic) bond motifs is 1. The highest BCUT2D eigenvalue weighted by atomic mass is 16.5. The van der Waals surface area contributed by atoms with Gasteiger partial charge in [-0.25, -0.2) is 0 Å². The van der Waals surface area contributed by atoms with E-state index in [1.807, 2.05) is 31.2 Å². The van der Waals surface area contributed by atoms with Gasteiger partial charge in [0.1, 0.15) is 12.4 Å². The SMILES string of the molecule is CCC(N)CNC(=O)C1COc2ccccc2C1. The third-order valence-corrected chi connectivity index (χ3v) is 3.31. The molecule has 4 heteroatoms. The van der Waals surface area contributed by atoms with Crippen molar-refractivity contribution in [3.63, 3.8) is 0 Å². The van der Waals surface area contributed by atoms with E-state index in [2.05, 4.69) is 5.32 Å². The summed E-state index contributed by atoms with van der Waals surface area (Å²) in [4.78, 5) is 12.0. The first-order valence-corrected chi connectivity index (χ1v) is 6.44. The van der Waals surface area contributed by atoms with E-state index < -0.39 is 0 Å². The molecule has 3 N–H and O–H groups in total. The Bertz CT molecular complexity index is 420. The number of ether oxygens (including phenoxy) is 1. The molecule has 2 unspecified atom stereocenters. The van der Waals surface area contributed by atoms with Crippen LogP contribution >= 0.6 is 0 Å². The van der Waals surface area contributed by atoms with Gasteiger partial charge in [0.05, 0.1) is 5.92 Å². The second-order valence-electron chi connectivity index (χ2n) is 4.73. The van der Waals surface area contributed by atoms with Crippen LogP contribution in [0.3, 0.4) is 0 Å². The zero-order valence-corrected chi connectivity index (χ0v) is 10.7. The lowest BCUT2D eigenvalue weighted by Crippen LogP contribution is -2.42. The Hall–Kier alpha value is -1.55. The molecule has 98 valence electrons. The molecule has 0 saturated carbocycles. The average Bonchev–Trinajstić information content (AvgIpc) is 2.43. The Morgan fingerprint density at radius 1 is 1.56 bits per heavy atom. The Labute approximate surface area is 108 Å². The topological polar surface area (TPSA) is 64.3 Å². The van der Waals surface area contributed by atoms with Crippen molar-refractivity contribution in [1.29, 1.82) is 0 Å². The minimum Gasteiger partial charge on any atom is -0.492 e. The van der Waals surface area contributed by atoms with Gasteiger partial charge in [-0.15, -0.1) is 0 Å². The number of nitrogens with one attached hydrogen (secondary N) is 1. The minimum absolute atomic E-state index is 0.0331. The van der Waals surface area contributed by atoms with Gasteiger partial charge in [0, 0.05) is 12.6 Å². The van der Waals surface area contributed by atoms with Crippen molar-refractivity contribution in [2.45, 2.75) is 25.8 Å². The summed E-state index contributed by atoms with van der Waals surface area (Å²) in [5, 5.41) is 2.89. The highest BCUT2D eigenvalue weighted by Crippen LogP contribution is 2.26. The van der Waals surface area contributed by atoms with Gasteiger partial charge < -0.3 is 15.8 Å². The smallest absolute Gasteiger partial charge is 0.226 e. The van der Waals surface area contributed by atoms with Crippen LogP contribution in [0, 0.1) is 5.92 Å². The first-order chi connectivity index (χ1) is 8.70. The molecular formula is C14H20N2O2. The van der Waals surface area contributed by atoms with Crippen molar-refractivity contribution in [3.05, 3.63) is 29.8 Å². The lowest BCUT2D eigenvalue weighted by Gasteiger charge is -2.25. The van der Waals surface area contributed by atoms with E-state index in [-0.39, 0.29) is 17.9 Å². The fraction of sp³-hybridized carbons (Fsp3) is 0.500. The monoisotopic (exact) mass is 248 g/mol. The summed E-state index contributed by atoms with van der Waals surface area (Å²) in [7, 11) is 0. The highest BCUT2D eigenvalue weighted by molar-refractivity contribution is 5.79. The molecule has 1 aliphatic heterocycles. The summed E-state index contributed by atoms with van der Waals surface area (Å²) >= 11 is 0. The number of hydrogen-bond acceptors (Lipinski definition) is 3. The fourth-order valence-corrected chi connectivity index (χ4v) is 2.02. The molecule has 2 atom stereocenters. The first kappa shape index (κ1) is 12.9. The number of para-hydroxylation sites is 1. The van der Waals surface area contributed by atoms with E-state index in [4.69, 9.17) is 10.5 Å². The number of amides is 1. The van der Waals surface area contributed by atoms with Gasteiger partial charge in [-0.05, 0) is 24.5 Å². The van der Waals surface area contributed by atoms with E-state index in [9.17, 15) is 4.79 Å². The summed E-state index contributed by atoms with van der Waals surface area (Å²) in [6.45, 7) is 2.99. The summed E-state index contributed by atoms with van der Waals surface area (Å²) in [6, 6.07) is 7.89. The van der Waals surface area contributed by atoms with E-state index in [0.717, 1.165) is 24.2 Å². The van der Waals surface area contributed by atoms with Crippen molar-refractivity contribution in [2.24, 2.45) is 11.7 Å². The Morgan fingerprint density at radius 2 is 2.33 bits per heavy atom. The second kappa shape index (κ2) is 5.87. The van der Waals surface area contributed by atoms with Crippen LogP contribution in [0.25, 0.3) is 0 Å². The fourth-order valence-electron chi connectivity index (χ4n) is 2.02. The number of benzene rings is 1. The van der Waals surface area contributed by atoms with Crippen LogP contribution in [0.2, 0.25) is 0 Å². The van der Waals surface area contributed by atoms with Crippen molar-refractivity contribution >= 4 is 5.91 Å². The van der Waals surface area contributed by atoms with Gasteiger partial charge in [-0.1, -0.05) is 25.1 Å². The zero-order valence-electron chi connectivity index (χ0n) is 10.7. The van der Waals surface area contributed by atoms with Crippen LogP contribution < -0.4 is 15.8 Å². The summed E-state index contributed by atoms with van der Waals surface area (Å²) in [6.07, 6.45) is 1.60. The largest absolute Gasteiger partial charge is 0.492 e. The van der Waals surface area contributed by atoms with E-state index in [1.165, 1.54) is 0 Å². The van der Waals surface area contributed by atoms with E-state index >= 15 is 0 Å². The van der Waals surface area contributed by atoms with Crippen molar-refractivity contribution in [2.75, 3.05) is 13.2 Å². The summed E-state index contributed by atoms with van der Waals surface area (Å²) < 4.78 is 5.60. The van der Waals surface area contributed by atoms with Crippen LogP contribution in [0.1, 0.15) is 18.9 Å². The molecule has 1 aliphatic rings. The molecule has 0 aromatic heterocycles. The van der Waals surface area contributed by atoms with Crippen LogP contribution in [0.15, 0.2) is 24.3 Å². The number of hydrogen-bond donors (Lipinski definition) is 2. The molecule has 4 nitrogen and oxygen atoms in total. The van der Waals surface area contributed by atoms with Gasteiger partial charge >= 0.3 is 0 Å². The maximum atomic E-state index is 12.0. The Kier molecular flexibility index (Phi) is 4.20. The van der Waals surface area contributed by atoms with Gasteiger partial charge in [0.2, 0.25) is 5.91 Å². The highest BCUT2D eigenvalue weighted by Gasteiger charge is 2.25. The van der Waals surface area contributed by atoms with Crippen LogP contribution in [-0.2, 0) is 11.2 Å². The quantitative estimate of drug-likeness (QED) is 0.838. The molecule has 0 saturated heterocycles. The molecule has 0 radical (unpaired) electrons. The van der Waals surface area contributed by atoms with Crippen LogP contribution in [-0.4, -0.2) is 25.1 Å². The molecule has 1 heterocycles. The molecule has 18 heavy (non-hydrogen) atoms. The zero-order chi connectivity index (χ0) is 13.0. The van der Waals surface area contributed by atoms with Gasteiger partial charge in [0.15, 0.2) is 0 Å². The van der Waals surface area contributed by atoms with Crippen LogP contribution in [0.5, 0.6) is 5.75 Å². The average molecular weight is 248 g/mol. The number of nitrogens with two attached hydrogens (primary N) is 1. The predicted octanol–water partition coefficient (Wildman–Crippen LogP) is 1.09. The standard InChI is InChI=1S/C14H20N2O2/c1-2-12(15)8-16-14(17)11-7-10-5-3-4-6-13(10)18-9-11/h3-6,11-12H,2,7-9,15H2,1H3,(H,16,17). The van der Waals surface area contributed by atoms with Crippen molar-refractivity contribution in [1.82, 2.24) is 5.32 Å². The normalized spacial score (nSPS) is 19.6. The van der Waals surface area contributed by atoms with Crippen LogP contribution in [0.4, 0.5) is 0 Å². The summed E-state index contributed by atoms with van der Waals surface area (Å²) in [5.74, 6) is 0.823. The Balaban J connectivity index is 1.90. The molecule has 0 spiro atoms. The Morgan fingerprint density at radius 3 is 3.11 bits per heavy atom. The molecule has 0 aliphatic carbocycles. The third-order valence-electron chi connectivity index (χ3n) is 3.31. The van der Waals surface area contributed by atoms with E-state index in [0.29, 0.717) is 13.2 Å². The maximum absolute atomic E-state index is 12.0. The predicted molar refractivity (Wildman–Crippen MR) is 70.4 cm³/mol. The molecule has 1 aromatic carbocycles. The molecule has 1 aromatic rings. The molecule has 0 fully saturated rings. The number of carbonyl (C=O) groups excluding carboxylic acids is 1. The van der Waals surface area contributed by atoms with Crippen molar-refractivity contribution < 1.29 is 9.53 Å². The number of carbonyl (C=O) groups is 1. The molecule has 2 rings (SSSR count). The lowest BCUT2D eigenvalue weighted by atomic mass is 9.96. The van der Waals surface area contributed by atoms with E-state index in [1.54, 1.807) is 0 Å². The molecule has 1 amide bonds. The lowest BCUT2D eigenvalue weighted by molar-refractivity contribution is -0.126. The molecule has 0 bridgehead atoms. The number of rotatable bonds is 4. The van der Waals surface area contributed by atoms with Gasteiger partial charge in [-0.2, -0.15) is 0 Å². The van der Waals surface area contributed by atoms with Gasteiger partial charge in [-0.3, -0.25) is 4.79 Å². The summed E-state index contributed by atoms with van der Waals surface area (Å²) in [5.41, 5.74) is 6.88. The molecular weight excluding hydrogens is 228 g/mol. The first-order valence-electron chi connectivity index (χ1n) is 6.44. The third kappa shape index (κ3) is 3.01. The minimum atomic E-state index is -0.107. The maximum Gasteiger partial charge on any atom is 0.226 e. The second-order valence-corrected chi connectivity index (χ2v) is 4.73. The van der Waals surface area contributed by atoms with Gasteiger partial charge in [0.25, 0.3) is 0 Å².